The Morgan fingerprint density at radius 2 is 1.13 bits per heavy atom. The maximum atomic E-state index is 5.30. The molecule has 146 valence electrons. The van der Waals surface area contributed by atoms with E-state index in [0.29, 0.717) is 0 Å². The molecular formula is C22H53N. The van der Waals surface area contributed by atoms with Gasteiger partial charge in [-0.25, -0.2) is 0 Å². The second kappa shape index (κ2) is 68.4. The average Bonchev–Trinajstić information content (AvgIpc) is 2.67. The molecule has 0 atom stereocenters. The summed E-state index contributed by atoms with van der Waals surface area (Å²) in [6.07, 6.45) is 11.4. The van der Waals surface area contributed by atoms with Gasteiger partial charge in [0.15, 0.2) is 0 Å². The molecule has 0 aliphatic heterocycles. The molecule has 0 heterocycles. The van der Waals surface area contributed by atoms with E-state index in [9.17, 15) is 0 Å². The van der Waals surface area contributed by atoms with E-state index in [1.54, 1.807) is 0 Å². The molecule has 0 spiro atoms. The van der Waals surface area contributed by atoms with E-state index in [2.05, 4.69) is 46.9 Å². The molecule has 0 aliphatic rings. The van der Waals surface area contributed by atoms with Crippen molar-refractivity contribution in [2.24, 2.45) is 5.73 Å². The minimum absolute atomic E-state index is 0.811. The summed E-state index contributed by atoms with van der Waals surface area (Å²) in [5.74, 6) is 0. The first-order valence-electron chi connectivity index (χ1n) is 10.0. The predicted octanol–water partition coefficient (Wildman–Crippen LogP) is 8.55. The smallest absolute Gasteiger partial charge is 0.00742 e. The quantitative estimate of drug-likeness (QED) is 0.367. The Hall–Kier alpha value is -0.560. The van der Waals surface area contributed by atoms with Gasteiger partial charge in [0.2, 0.25) is 0 Å². The van der Waals surface area contributed by atoms with Crippen LogP contribution in [0.5, 0.6) is 0 Å². The Morgan fingerprint density at radius 1 is 0.783 bits per heavy atom. The molecule has 0 aliphatic carbocycles. The van der Waals surface area contributed by atoms with Gasteiger partial charge in [-0.05, 0) is 33.2 Å². The van der Waals surface area contributed by atoms with Crippen LogP contribution in [0.15, 0.2) is 24.8 Å². The van der Waals surface area contributed by atoms with E-state index >= 15 is 0 Å². The van der Waals surface area contributed by atoms with Crippen molar-refractivity contribution in [2.75, 3.05) is 6.54 Å². The topological polar surface area (TPSA) is 26.0 Å². The summed E-state index contributed by atoms with van der Waals surface area (Å²) in [5, 5.41) is 0. The Morgan fingerprint density at radius 3 is 1.35 bits per heavy atom. The molecule has 0 radical (unpaired) electrons. The fourth-order valence-electron chi connectivity index (χ4n) is 1.20. The third-order valence-corrected chi connectivity index (χ3v) is 2.48. The van der Waals surface area contributed by atoms with Crippen LogP contribution in [0.4, 0.5) is 0 Å². The number of hydrogen-bond donors (Lipinski definition) is 1. The highest BCUT2D eigenvalue weighted by molar-refractivity contribution is 4.94. The lowest BCUT2D eigenvalue weighted by Gasteiger charge is -1.94. The van der Waals surface area contributed by atoms with E-state index in [1.807, 2.05) is 41.5 Å². The lowest BCUT2D eigenvalue weighted by atomic mass is 10.1. The monoisotopic (exact) mass is 331 g/mol. The SMILES string of the molecule is C/C=C(\C)CCCN.C=C.CC.CC.CC.CCCCCCC. The summed E-state index contributed by atoms with van der Waals surface area (Å²) >= 11 is 0. The van der Waals surface area contributed by atoms with Crippen LogP contribution in [-0.4, -0.2) is 6.54 Å². The van der Waals surface area contributed by atoms with Gasteiger partial charge in [-0.2, -0.15) is 0 Å². The molecule has 23 heavy (non-hydrogen) atoms. The highest BCUT2D eigenvalue weighted by Gasteiger charge is 1.84. The molecule has 0 fully saturated rings. The summed E-state index contributed by atoms with van der Waals surface area (Å²) < 4.78 is 0. The van der Waals surface area contributed by atoms with Gasteiger partial charge in [-0.1, -0.05) is 99.1 Å². The van der Waals surface area contributed by atoms with Gasteiger partial charge in [-0.3, -0.25) is 0 Å². The molecular weight excluding hydrogens is 278 g/mol. The van der Waals surface area contributed by atoms with Crippen LogP contribution in [0, 0.1) is 0 Å². The summed E-state index contributed by atoms with van der Waals surface area (Å²) in [6, 6.07) is 0. The van der Waals surface area contributed by atoms with E-state index in [4.69, 9.17) is 5.73 Å². The molecule has 1 heteroatoms. The lowest BCUT2D eigenvalue weighted by Crippen LogP contribution is -1.97. The zero-order valence-corrected chi connectivity index (χ0v) is 18.7. The molecule has 0 aromatic carbocycles. The van der Waals surface area contributed by atoms with Crippen LogP contribution in [0.1, 0.15) is 114 Å². The molecule has 0 amide bonds. The van der Waals surface area contributed by atoms with Crippen LogP contribution < -0.4 is 5.73 Å². The third-order valence-electron chi connectivity index (χ3n) is 2.48. The molecule has 0 rings (SSSR count). The maximum absolute atomic E-state index is 5.30. The zero-order chi connectivity index (χ0) is 19.9. The van der Waals surface area contributed by atoms with Gasteiger partial charge in [0.25, 0.3) is 0 Å². The van der Waals surface area contributed by atoms with Crippen molar-refractivity contribution < 1.29 is 0 Å². The molecule has 0 saturated carbocycles. The van der Waals surface area contributed by atoms with Crippen LogP contribution in [0.25, 0.3) is 0 Å². The summed E-state index contributed by atoms with van der Waals surface area (Å²) in [5.41, 5.74) is 6.74. The molecule has 0 aromatic heterocycles. The van der Waals surface area contributed by atoms with Crippen LogP contribution in [0.2, 0.25) is 0 Å². The van der Waals surface area contributed by atoms with Crippen LogP contribution >= 0.6 is 0 Å². The van der Waals surface area contributed by atoms with Crippen molar-refractivity contribution in [1.29, 1.82) is 0 Å². The Kier molecular flexibility index (Phi) is 114. The van der Waals surface area contributed by atoms with Gasteiger partial charge in [0.1, 0.15) is 0 Å². The fraction of sp³-hybridized carbons (Fsp3) is 0.818. The van der Waals surface area contributed by atoms with E-state index in [-0.39, 0.29) is 0 Å². The Bertz CT molecular complexity index is 135. The van der Waals surface area contributed by atoms with Crippen LogP contribution in [-0.2, 0) is 0 Å². The van der Waals surface area contributed by atoms with Gasteiger partial charge < -0.3 is 5.73 Å². The highest BCUT2D eigenvalue weighted by atomic mass is 14.5. The predicted molar refractivity (Wildman–Crippen MR) is 117 cm³/mol. The van der Waals surface area contributed by atoms with Crippen molar-refractivity contribution in [2.45, 2.75) is 114 Å². The molecule has 2 N–H and O–H groups in total. The lowest BCUT2D eigenvalue weighted by molar-refractivity contribution is 0.656. The third kappa shape index (κ3) is 90.9. The van der Waals surface area contributed by atoms with E-state index in [0.717, 1.165) is 19.4 Å². The fourth-order valence-corrected chi connectivity index (χ4v) is 1.20. The molecule has 0 aromatic rings. The summed E-state index contributed by atoms with van der Waals surface area (Å²) in [4.78, 5) is 0. The number of rotatable bonds is 7. The second-order valence-corrected chi connectivity index (χ2v) is 4.09. The minimum Gasteiger partial charge on any atom is -0.330 e. The molecule has 1 nitrogen and oxygen atoms in total. The minimum atomic E-state index is 0.811. The maximum Gasteiger partial charge on any atom is -0.00742 e. The molecule has 0 saturated heterocycles. The summed E-state index contributed by atoms with van der Waals surface area (Å²) in [7, 11) is 0. The van der Waals surface area contributed by atoms with Crippen molar-refractivity contribution in [3.63, 3.8) is 0 Å². The molecule has 0 bridgehead atoms. The normalized spacial score (nSPS) is 8.04. The number of unbranched alkanes of at least 4 members (excludes halogenated alkanes) is 4. The number of allylic oxidation sites excluding steroid dienone is 2. The van der Waals surface area contributed by atoms with Crippen molar-refractivity contribution in [3.05, 3.63) is 24.8 Å². The van der Waals surface area contributed by atoms with Crippen molar-refractivity contribution in [3.8, 4) is 0 Å². The van der Waals surface area contributed by atoms with Gasteiger partial charge in [0, 0.05) is 0 Å². The van der Waals surface area contributed by atoms with E-state index in [1.165, 1.54) is 37.7 Å². The average molecular weight is 332 g/mol. The van der Waals surface area contributed by atoms with Crippen molar-refractivity contribution in [1.82, 2.24) is 0 Å². The van der Waals surface area contributed by atoms with E-state index < -0.39 is 0 Å². The van der Waals surface area contributed by atoms with Gasteiger partial charge >= 0.3 is 0 Å². The van der Waals surface area contributed by atoms with Crippen LogP contribution in [0.3, 0.4) is 0 Å². The van der Waals surface area contributed by atoms with Gasteiger partial charge in [0.05, 0.1) is 0 Å². The number of hydrogen-bond acceptors (Lipinski definition) is 1. The Balaban J connectivity index is -0.0000000439. The zero-order valence-electron chi connectivity index (χ0n) is 18.7. The highest BCUT2D eigenvalue weighted by Crippen LogP contribution is 2.00. The summed E-state index contributed by atoms with van der Waals surface area (Å²) in [6.45, 7) is 27.5. The first-order chi connectivity index (χ1) is 11.2. The second-order valence-electron chi connectivity index (χ2n) is 4.09. The Labute approximate surface area is 151 Å². The first kappa shape index (κ1) is 38.2. The largest absolute Gasteiger partial charge is 0.330 e. The van der Waals surface area contributed by atoms with Crippen molar-refractivity contribution >= 4 is 0 Å². The first-order valence-corrected chi connectivity index (χ1v) is 10.0. The van der Waals surface area contributed by atoms with Gasteiger partial charge in [-0.15, -0.1) is 13.2 Å². The standard InChI is InChI=1S/C7H15N.C7H16.3C2H6.C2H4/c1-3-7(2)5-4-6-8;1-3-5-7-6-4-2;4*1-2/h3H,4-6,8H2,1-2H3;3-7H2,1-2H3;3*1-2H3;1-2H2/b7-3+;;;;;. The number of nitrogens with two attached hydrogens (primary N) is 1. The molecule has 0 unspecified atom stereocenters.